The number of carbonyl (C=O) groups excluding carboxylic acids is 1. The van der Waals surface area contributed by atoms with Crippen LogP contribution in [-0.4, -0.2) is 29.0 Å². The van der Waals surface area contributed by atoms with Gasteiger partial charge in [0.25, 0.3) is 5.91 Å². The van der Waals surface area contributed by atoms with Crippen molar-refractivity contribution in [3.63, 3.8) is 0 Å². The number of ether oxygens (including phenoxy) is 2. The maximum absolute atomic E-state index is 14.0. The van der Waals surface area contributed by atoms with Gasteiger partial charge in [-0.1, -0.05) is 18.2 Å². The molecule has 0 bridgehead atoms. The summed E-state index contributed by atoms with van der Waals surface area (Å²) in [5.74, 6) is 1.21. The molecule has 0 saturated heterocycles. The molecule has 0 atom stereocenters. The molecule has 2 aromatic carbocycles. The van der Waals surface area contributed by atoms with Crippen LogP contribution >= 0.6 is 0 Å². The van der Waals surface area contributed by atoms with Crippen LogP contribution in [0.3, 0.4) is 0 Å². The molecule has 1 aliphatic rings. The van der Waals surface area contributed by atoms with E-state index in [2.05, 4.69) is 10.4 Å². The third-order valence-electron chi connectivity index (χ3n) is 5.38. The number of aromatic nitrogens is 2. The molecule has 0 unspecified atom stereocenters. The third-order valence-corrected chi connectivity index (χ3v) is 5.38. The minimum absolute atomic E-state index is 0.128. The van der Waals surface area contributed by atoms with Crippen LogP contribution in [0.5, 0.6) is 5.75 Å². The zero-order valence-electron chi connectivity index (χ0n) is 18.0. The second-order valence-corrected chi connectivity index (χ2v) is 7.75. The lowest BCUT2D eigenvalue weighted by atomic mass is 10.1. The van der Waals surface area contributed by atoms with Crippen LogP contribution in [0, 0.1) is 12.7 Å². The Kier molecular flexibility index (Phi) is 5.66. The van der Waals surface area contributed by atoms with Crippen molar-refractivity contribution >= 4 is 5.91 Å². The fourth-order valence-electron chi connectivity index (χ4n) is 3.85. The van der Waals surface area contributed by atoms with Gasteiger partial charge in [0.1, 0.15) is 23.0 Å². The first-order valence-electron chi connectivity index (χ1n) is 10.6. The van der Waals surface area contributed by atoms with Crippen molar-refractivity contribution in [2.45, 2.75) is 20.0 Å². The molecule has 33 heavy (non-hydrogen) atoms. The summed E-state index contributed by atoms with van der Waals surface area (Å²) in [7, 11) is 0. The number of benzene rings is 2. The first-order chi connectivity index (χ1) is 16.1. The van der Waals surface area contributed by atoms with E-state index < -0.39 is 0 Å². The van der Waals surface area contributed by atoms with Crippen LogP contribution in [-0.2, 0) is 17.8 Å². The van der Waals surface area contributed by atoms with Crippen molar-refractivity contribution in [1.82, 2.24) is 15.1 Å². The van der Waals surface area contributed by atoms with Crippen LogP contribution in [0.15, 0.2) is 65.2 Å². The number of rotatable bonds is 6. The lowest BCUT2D eigenvalue weighted by Gasteiger charge is -2.21. The van der Waals surface area contributed by atoms with Crippen LogP contribution < -0.4 is 10.1 Å². The number of amides is 1. The Balaban J connectivity index is 1.37. The monoisotopic (exact) mass is 447 g/mol. The highest BCUT2D eigenvalue weighted by atomic mass is 19.1. The van der Waals surface area contributed by atoms with Crippen LogP contribution in [0.2, 0.25) is 0 Å². The number of nitrogens with one attached hydrogen (secondary N) is 1. The number of hydrogen-bond acceptors (Lipinski definition) is 5. The molecule has 0 radical (unpaired) electrons. The van der Waals surface area contributed by atoms with E-state index in [0.717, 1.165) is 11.4 Å². The molecule has 5 rings (SSSR count). The average molecular weight is 447 g/mol. The molecule has 0 saturated carbocycles. The number of furan rings is 1. The Morgan fingerprint density at radius 1 is 1.18 bits per heavy atom. The first kappa shape index (κ1) is 21.0. The standard InChI is InChI=1S/C25H22FN3O4/c1-16-7-8-22(33-16)23-21(13-29(28-23)20-5-3-2-4-6-20)25(30)27-10-9-17-11-19(26)12-18-14-31-15-32-24(17)18/h2-8,11-13H,9-10,14-15H2,1H3,(H,27,30). The number of hydrogen-bond donors (Lipinski definition) is 1. The van der Waals surface area contributed by atoms with Crippen LogP contribution in [0.1, 0.15) is 27.2 Å². The minimum Gasteiger partial charge on any atom is -0.467 e. The summed E-state index contributed by atoms with van der Waals surface area (Å²) in [4.78, 5) is 13.1. The van der Waals surface area contributed by atoms with E-state index in [1.54, 1.807) is 16.9 Å². The maximum atomic E-state index is 14.0. The van der Waals surface area contributed by atoms with Crippen molar-refractivity contribution in [2.24, 2.45) is 0 Å². The van der Waals surface area contributed by atoms with Gasteiger partial charge in [-0.15, -0.1) is 0 Å². The molecule has 4 aromatic rings. The molecule has 7 nitrogen and oxygen atoms in total. The van der Waals surface area contributed by atoms with Crippen LogP contribution in [0.25, 0.3) is 17.1 Å². The first-order valence-corrected chi connectivity index (χ1v) is 10.6. The Morgan fingerprint density at radius 3 is 2.82 bits per heavy atom. The lowest BCUT2D eigenvalue weighted by Crippen LogP contribution is -2.26. The van der Waals surface area contributed by atoms with Crippen molar-refractivity contribution in [1.29, 1.82) is 0 Å². The SMILES string of the molecule is Cc1ccc(-c2nn(-c3ccccc3)cc2C(=O)NCCc2cc(F)cc3c2OCOC3)o1. The Hall–Kier alpha value is -3.91. The zero-order valence-corrected chi connectivity index (χ0v) is 18.0. The van der Waals surface area contributed by atoms with E-state index in [1.165, 1.54) is 12.1 Å². The minimum atomic E-state index is -0.358. The molecule has 2 aromatic heterocycles. The molecule has 0 spiro atoms. The molecule has 8 heteroatoms. The van der Waals surface area contributed by atoms with E-state index in [-0.39, 0.29) is 18.5 Å². The van der Waals surface area contributed by atoms with E-state index in [4.69, 9.17) is 13.9 Å². The van der Waals surface area contributed by atoms with Crippen molar-refractivity contribution < 1.29 is 23.1 Å². The van der Waals surface area contributed by atoms with E-state index in [1.807, 2.05) is 43.3 Å². The number of para-hydroxylation sites is 1. The fourth-order valence-corrected chi connectivity index (χ4v) is 3.85. The summed E-state index contributed by atoms with van der Waals surface area (Å²) in [6.45, 7) is 2.57. The summed E-state index contributed by atoms with van der Waals surface area (Å²) >= 11 is 0. The Morgan fingerprint density at radius 2 is 2.03 bits per heavy atom. The summed E-state index contributed by atoms with van der Waals surface area (Å²) in [6, 6.07) is 16.0. The molecule has 0 fully saturated rings. The van der Waals surface area contributed by atoms with Gasteiger partial charge < -0.3 is 19.2 Å². The maximum Gasteiger partial charge on any atom is 0.255 e. The van der Waals surface area contributed by atoms with Gasteiger partial charge in [0.15, 0.2) is 12.6 Å². The van der Waals surface area contributed by atoms with Gasteiger partial charge in [0.2, 0.25) is 0 Å². The van der Waals surface area contributed by atoms with E-state index in [0.29, 0.717) is 53.5 Å². The summed E-state index contributed by atoms with van der Waals surface area (Å²) in [6.07, 6.45) is 2.09. The Bertz CT molecular complexity index is 1300. The zero-order chi connectivity index (χ0) is 22.8. The number of halogens is 1. The van der Waals surface area contributed by atoms with Gasteiger partial charge in [0.05, 0.1) is 17.9 Å². The fraction of sp³-hybridized carbons (Fsp3) is 0.200. The predicted molar refractivity (Wildman–Crippen MR) is 119 cm³/mol. The molecule has 1 N–H and O–H groups in total. The highest BCUT2D eigenvalue weighted by molar-refractivity contribution is 5.99. The van der Waals surface area contributed by atoms with Crippen molar-refractivity contribution in [3.05, 3.63) is 89.1 Å². The lowest BCUT2D eigenvalue weighted by molar-refractivity contribution is -0.0172. The number of nitrogens with zero attached hydrogens (tertiary/aromatic N) is 2. The largest absolute Gasteiger partial charge is 0.467 e. The quantitative estimate of drug-likeness (QED) is 0.474. The second-order valence-electron chi connectivity index (χ2n) is 7.75. The van der Waals surface area contributed by atoms with Crippen molar-refractivity contribution in [2.75, 3.05) is 13.3 Å². The normalized spacial score (nSPS) is 12.8. The number of aryl methyl sites for hydroxylation is 1. The highest BCUT2D eigenvalue weighted by Crippen LogP contribution is 2.30. The predicted octanol–water partition coefficient (Wildman–Crippen LogP) is 4.42. The molecule has 0 aliphatic carbocycles. The molecule has 1 aliphatic heterocycles. The molecule has 168 valence electrons. The van der Waals surface area contributed by atoms with E-state index in [9.17, 15) is 9.18 Å². The topological polar surface area (TPSA) is 78.5 Å². The average Bonchev–Trinajstić information content (AvgIpc) is 3.46. The van der Waals surface area contributed by atoms with Gasteiger partial charge in [-0.2, -0.15) is 5.10 Å². The summed E-state index contributed by atoms with van der Waals surface area (Å²) in [5.41, 5.74) is 3.02. The van der Waals surface area contributed by atoms with Gasteiger partial charge >= 0.3 is 0 Å². The Labute approximate surface area is 189 Å². The van der Waals surface area contributed by atoms with Gasteiger partial charge in [-0.25, -0.2) is 9.07 Å². The molecular weight excluding hydrogens is 425 g/mol. The third kappa shape index (κ3) is 4.38. The number of carbonyl (C=O) groups is 1. The second kappa shape index (κ2) is 8.91. The van der Waals surface area contributed by atoms with Gasteiger partial charge in [-0.3, -0.25) is 4.79 Å². The van der Waals surface area contributed by atoms with Gasteiger partial charge in [0, 0.05) is 18.3 Å². The summed E-state index contributed by atoms with van der Waals surface area (Å²) < 4.78 is 32.2. The van der Waals surface area contributed by atoms with Crippen LogP contribution in [0.4, 0.5) is 4.39 Å². The smallest absolute Gasteiger partial charge is 0.255 e. The van der Waals surface area contributed by atoms with Gasteiger partial charge in [-0.05, 0) is 55.3 Å². The van der Waals surface area contributed by atoms with Crippen molar-refractivity contribution in [3.8, 4) is 22.9 Å². The summed E-state index contributed by atoms with van der Waals surface area (Å²) in [5, 5.41) is 7.51. The van der Waals surface area contributed by atoms with E-state index >= 15 is 0 Å². The highest BCUT2D eigenvalue weighted by Gasteiger charge is 2.22. The number of fused-ring (bicyclic) bond motifs is 1. The molecular formula is C25H22FN3O4. The molecule has 3 heterocycles. The molecule has 1 amide bonds.